The van der Waals surface area contributed by atoms with Crippen molar-refractivity contribution in [3.8, 4) is 0 Å². The van der Waals surface area contributed by atoms with Gasteiger partial charge < -0.3 is 11.5 Å². The van der Waals surface area contributed by atoms with Crippen molar-refractivity contribution in [1.82, 2.24) is 0 Å². The number of nitrogens with two attached hydrogens (primary N) is 2. The van der Waals surface area contributed by atoms with Gasteiger partial charge in [0.2, 0.25) is 0 Å². The molecular formula is C14H14N4. The molecule has 1 aliphatic rings. The average molecular weight is 238 g/mol. The van der Waals surface area contributed by atoms with E-state index in [2.05, 4.69) is 10.2 Å². The van der Waals surface area contributed by atoms with Crippen LogP contribution in [0.4, 0.5) is 22.7 Å². The molecule has 4 N–H and O–H groups in total. The lowest BCUT2D eigenvalue weighted by molar-refractivity contribution is 0.937. The van der Waals surface area contributed by atoms with Gasteiger partial charge in [-0.05, 0) is 60.4 Å². The van der Waals surface area contributed by atoms with Gasteiger partial charge in [0.1, 0.15) is 0 Å². The predicted octanol–water partition coefficient (Wildman–Crippen LogP) is 3.37. The van der Waals surface area contributed by atoms with Crippen LogP contribution in [0.5, 0.6) is 0 Å². The number of azo groups is 1. The number of hydrogen-bond donors (Lipinski definition) is 2. The van der Waals surface area contributed by atoms with E-state index in [1.807, 2.05) is 36.4 Å². The lowest BCUT2D eigenvalue weighted by atomic mass is 10.0. The minimum Gasteiger partial charge on any atom is -0.399 e. The van der Waals surface area contributed by atoms with Crippen LogP contribution in [0.15, 0.2) is 46.6 Å². The van der Waals surface area contributed by atoms with E-state index in [4.69, 9.17) is 11.5 Å². The van der Waals surface area contributed by atoms with Crippen LogP contribution in [0, 0.1) is 0 Å². The number of fused-ring (bicyclic) bond motifs is 2. The summed E-state index contributed by atoms with van der Waals surface area (Å²) in [6.45, 7) is 0. The second kappa shape index (κ2) is 4.14. The first-order valence-corrected chi connectivity index (χ1v) is 5.91. The first-order valence-electron chi connectivity index (χ1n) is 5.91. The topological polar surface area (TPSA) is 76.8 Å². The number of rotatable bonds is 0. The highest BCUT2D eigenvalue weighted by molar-refractivity contribution is 5.59. The minimum absolute atomic E-state index is 0.761. The van der Waals surface area contributed by atoms with Crippen molar-refractivity contribution in [3.05, 3.63) is 47.5 Å². The fourth-order valence-electron chi connectivity index (χ4n) is 2.18. The number of benzene rings is 2. The molecular weight excluding hydrogens is 224 g/mol. The van der Waals surface area contributed by atoms with Crippen LogP contribution in [0.2, 0.25) is 0 Å². The standard InChI is InChI=1S/C14H14N4/c15-11-3-5-13-9(7-11)1-2-10-8-12(16)4-6-14(10)18-17-13/h3-8H,1-2,15-16H2. The molecule has 0 aliphatic carbocycles. The molecule has 0 spiro atoms. The van der Waals surface area contributed by atoms with Gasteiger partial charge in [-0.15, -0.1) is 0 Å². The number of hydrogen-bond acceptors (Lipinski definition) is 4. The highest BCUT2D eigenvalue weighted by Gasteiger charge is 2.10. The van der Waals surface area contributed by atoms with Gasteiger partial charge in [0.25, 0.3) is 0 Å². The summed E-state index contributed by atoms with van der Waals surface area (Å²) in [5, 5.41) is 8.58. The quantitative estimate of drug-likeness (QED) is 0.690. The Hall–Kier alpha value is -2.36. The maximum atomic E-state index is 5.80. The first-order chi connectivity index (χ1) is 8.72. The van der Waals surface area contributed by atoms with Crippen molar-refractivity contribution in [1.29, 1.82) is 0 Å². The van der Waals surface area contributed by atoms with E-state index in [0.717, 1.165) is 46.7 Å². The van der Waals surface area contributed by atoms with Gasteiger partial charge in [0.05, 0.1) is 11.4 Å². The monoisotopic (exact) mass is 238 g/mol. The molecule has 4 heteroatoms. The van der Waals surface area contributed by atoms with Gasteiger partial charge in [-0.25, -0.2) is 0 Å². The molecule has 0 amide bonds. The normalized spacial score (nSPS) is 13.3. The van der Waals surface area contributed by atoms with E-state index in [0.29, 0.717) is 0 Å². The molecule has 18 heavy (non-hydrogen) atoms. The molecule has 2 aromatic rings. The summed E-state index contributed by atoms with van der Waals surface area (Å²) in [6.07, 6.45) is 1.80. The van der Waals surface area contributed by atoms with Gasteiger partial charge in [0.15, 0.2) is 0 Å². The van der Waals surface area contributed by atoms with Crippen LogP contribution >= 0.6 is 0 Å². The molecule has 0 bridgehead atoms. The molecule has 0 saturated carbocycles. The third-order valence-corrected chi connectivity index (χ3v) is 3.14. The van der Waals surface area contributed by atoms with E-state index in [1.165, 1.54) is 0 Å². The fourth-order valence-corrected chi connectivity index (χ4v) is 2.18. The van der Waals surface area contributed by atoms with E-state index >= 15 is 0 Å². The van der Waals surface area contributed by atoms with Crippen LogP contribution < -0.4 is 11.5 Å². The molecule has 0 fully saturated rings. The van der Waals surface area contributed by atoms with Gasteiger partial charge in [-0.3, -0.25) is 0 Å². The summed E-state index contributed by atoms with van der Waals surface area (Å²) >= 11 is 0. The van der Waals surface area contributed by atoms with Crippen molar-refractivity contribution < 1.29 is 0 Å². The maximum Gasteiger partial charge on any atom is 0.0890 e. The highest BCUT2D eigenvalue weighted by atomic mass is 15.1. The second-order valence-corrected chi connectivity index (χ2v) is 4.48. The summed E-state index contributed by atoms with van der Waals surface area (Å²) in [5.74, 6) is 0. The number of aryl methyl sites for hydroxylation is 2. The summed E-state index contributed by atoms with van der Waals surface area (Å²) in [5.41, 5.74) is 17.2. The Kier molecular flexibility index (Phi) is 2.48. The largest absolute Gasteiger partial charge is 0.399 e. The molecule has 0 unspecified atom stereocenters. The van der Waals surface area contributed by atoms with Crippen molar-refractivity contribution in [2.24, 2.45) is 10.2 Å². The number of nitrogens with zero attached hydrogens (tertiary/aromatic N) is 2. The Balaban J connectivity index is 2.08. The van der Waals surface area contributed by atoms with Crippen LogP contribution in [0.3, 0.4) is 0 Å². The molecule has 3 rings (SSSR count). The Labute approximate surface area is 105 Å². The van der Waals surface area contributed by atoms with Crippen molar-refractivity contribution in [2.45, 2.75) is 12.8 Å². The summed E-state index contributed by atoms with van der Waals surface area (Å²) in [4.78, 5) is 0. The van der Waals surface area contributed by atoms with Gasteiger partial charge in [-0.2, -0.15) is 10.2 Å². The zero-order valence-corrected chi connectivity index (χ0v) is 9.93. The Morgan fingerprint density at radius 3 is 1.61 bits per heavy atom. The number of anilines is 2. The third-order valence-electron chi connectivity index (χ3n) is 3.14. The van der Waals surface area contributed by atoms with E-state index in [-0.39, 0.29) is 0 Å². The summed E-state index contributed by atoms with van der Waals surface area (Å²) in [7, 11) is 0. The van der Waals surface area contributed by atoms with Crippen molar-refractivity contribution in [3.63, 3.8) is 0 Å². The third kappa shape index (κ3) is 1.93. The molecule has 0 aromatic heterocycles. The summed E-state index contributed by atoms with van der Waals surface area (Å²) in [6, 6.07) is 11.5. The smallest absolute Gasteiger partial charge is 0.0890 e. The molecule has 2 aromatic carbocycles. The van der Waals surface area contributed by atoms with Crippen LogP contribution in [-0.4, -0.2) is 0 Å². The van der Waals surface area contributed by atoms with E-state index < -0.39 is 0 Å². The van der Waals surface area contributed by atoms with Crippen LogP contribution in [0.25, 0.3) is 0 Å². The van der Waals surface area contributed by atoms with Gasteiger partial charge >= 0.3 is 0 Å². The van der Waals surface area contributed by atoms with Crippen molar-refractivity contribution >= 4 is 22.7 Å². The lowest BCUT2D eigenvalue weighted by Gasteiger charge is -2.12. The van der Waals surface area contributed by atoms with Gasteiger partial charge in [-0.1, -0.05) is 0 Å². The zero-order valence-electron chi connectivity index (χ0n) is 9.93. The van der Waals surface area contributed by atoms with Crippen LogP contribution in [0.1, 0.15) is 11.1 Å². The molecule has 0 radical (unpaired) electrons. The molecule has 90 valence electrons. The fraction of sp³-hybridized carbons (Fsp3) is 0.143. The highest BCUT2D eigenvalue weighted by Crippen LogP contribution is 2.31. The first kappa shape index (κ1) is 10.8. The Morgan fingerprint density at radius 2 is 1.17 bits per heavy atom. The minimum atomic E-state index is 0.761. The molecule has 1 aliphatic heterocycles. The van der Waals surface area contributed by atoms with E-state index in [9.17, 15) is 0 Å². The Bertz CT molecular complexity index is 576. The molecule has 1 heterocycles. The average Bonchev–Trinajstić information content (AvgIpc) is 2.34. The van der Waals surface area contributed by atoms with Crippen LogP contribution in [-0.2, 0) is 12.8 Å². The SMILES string of the molecule is Nc1ccc2c(c1)CCc1cc(N)ccc1N=N2. The molecule has 0 saturated heterocycles. The summed E-state index contributed by atoms with van der Waals surface area (Å²) < 4.78 is 0. The van der Waals surface area contributed by atoms with Gasteiger partial charge in [0, 0.05) is 11.4 Å². The zero-order chi connectivity index (χ0) is 12.5. The van der Waals surface area contributed by atoms with Crippen molar-refractivity contribution in [2.75, 3.05) is 11.5 Å². The van der Waals surface area contributed by atoms with E-state index in [1.54, 1.807) is 0 Å². The molecule has 0 atom stereocenters. The maximum absolute atomic E-state index is 5.80. The molecule has 4 nitrogen and oxygen atoms in total. The number of nitrogen functional groups attached to an aromatic ring is 2. The lowest BCUT2D eigenvalue weighted by Crippen LogP contribution is -1.97. The second-order valence-electron chi connectivity index (χ2n) is 4.48. The Morgan fingerprint density at radius 1 is 0.722 bits per heavy atom. The predicted molar refractivity (Wildman–Crippen MR) is 73.3 cm³/mol.